The lowest BCUT2D eigenvalue weighted by Gasteiger charge is -2.41. The van der Waals surface area contributed by atoms with Crippen LogP contribution in [0.4, 0.5) is 8.78 Å². The Labute approximate surface area is 140 Å². The monoisotopic (exact) mass is 352 g/mol. The van der Waals surface area contributed by atoms with Gasteiger partial charge < -0.3 is 0 Å². The summed E-state index contributed by atoms with van der Waals surface area (Å²) in [7, 11) is -3.73. The number of hydrogen-bond donors (Lipinski definition) is 1. The Balaban J connectivity index is 1.71. The zero-order valence-corrected chi connectivity index (χ0v) is 13.8. The Hall–Kier alpha value is -1.86. The van der Waals surface area contributed by atoms with Crippen LogP contribution in [0.1, 0.15) is 30.5 Å². The number of halogens is 2. The molecule has 4 nitrogen and oxygen atoms in total. The van der Waals surface area contributed by atoms with Crippen molar-refractivity contribution < 1.29 is 17.2 Å². The van der Waals surface area contributed by atoms with E-state index in [0.717, 1.165) is 37.1 Å². The molecule has 0 spiro atoms. The normalized spacial score (nSPS) is 16.6. The van der Waals surface area contributed by atoms with Crippen molar-refractivity contribution in [3.8, 4) is 0 Å². The molecule has 128 valence electrons. The van der Waals surface area contributed by atoms with Gasteiger partial charge in [0.05, 0.1) is 5.75 Å². The second kappa shape index (κ2) is 6.57. The Morgan fingerprint density at radius 2 is 1.96 bits per heavy atom. The summed E-state index contributed by atoms with van der Waals surface area (Å²) in [6.45, 7) is 0.231. The Morgan fingerprint density at radius 1 is 1.17 bits per heavy atom. The molecule has 0 saturated heterocycles. The highest BCUT2D eigenvalue weighted by Crippen LogP contribution is 2.42. The summed E-state index contributed by atoms with van der Waals surface area (Å²) in [4.78, 5) is 4.34. The van der Waals surface area contributed by atoms with Crippen LogP contribution in [0.5, 0.6) is 0 Å². The van der Waals surface area contributed by atoms with Gasteiger partial charge in [0.25, 0.3) is 0 Å². The molecule has 1 N–H and O–H groups in total. The third kappa shape index (κ3) is 3.62. The van der Waals surface area contributed by atoms with Crippen molar-refractivity contribution in [2.45, 2.75) is 30.4 Å². The van der Waals surface area contributed by atoms with Crippen molar-refractivity contribution in [1.82, 2.24) is 9.71 Å². The largest absolute Gasteiger partial charge is 0.261 e. The summed E-state index contributed by atoms with van der Waals surface area (Å²) in [6, 6.07) is 8.48. The lowest BCUT2D eigenvalue weighted by molar-refractivity contribution is 0.238. The highest BCUT2D eigenvalue weighted by molar-refractivity contribution is 7.88. The molecule has 1 aromatic carbocycles. The van der Waals surface area contributed by atoms with Gasteiger partial charge in [0, 0.05) is 35.5 Å². The minimum atomic E-state index is -3.73. The molecule has 0 amide bonds. The average Bonchev–Trinajstić information content (AvgIpc) is 2.50. The minimum absolute atomic E-state index is 0.0515. The van der Waals surface area contributed by atoms with Gasteiger partial charge >= 0.3 is 0 Å². The van der Waals surface area contributed by atoms with Crippen molar-refractivity contribution in [2.24, 2.45) is 0 Å². The van der Waals surface area contributed by atoms with Gasteiger partial charge in [-0.15, -0.1) is 0 Å². The van der Waals surface area contributed by atoms with Crippen LogP contribution in [0.25, 0.3) is 0 Å². The predicted molar refractivity (Wildman–Crippen MR) is 86.8 cm³/mol. The first-order valence-corrected chi connectivity index (χ1v) is 9.38. The van der Waals surface area contributed by atoms with E-state index < -0.39 is 27.4 Å². The van der Waals surface area contributed by atoms with E-state index in [2.05, 4.69) is 9.71 Å². The molecule has 2 aromatic rings. The number of pyridine rings is 1. The number of nitrogens with zero attached hydrogens (tertiary/aromatic N) is 1. The van der Waals surface area contributed by atoms with Crippen LogP contribution < -0.4 is 4.72 Å². The molecule has 1 aliphatic rings. The molecule has 0 atom stereocenters. The fourth-order valence-electron chi connectivity index (χ4n) is 2.95. The Bertz CT molecular complexity index is 822. The lowest BCUT2D eigenvalue weighted by atomic mass is 9.66. The van der Waals surface area contributed by atoms with E-state index in [4.69, 9.17) is 0 Å². The molecule has 7 heteroatoms. The fourth-order valence-corrected chi connectivity index (χ4v) is 4.19. The number of aromatic nitrogens is 1. The first kappa shape index (κ1) is 17.0. The van der Waals surface area contributed by atoms with Gasteiger partial charge in [0.2, 0.25) is 10.0 Å². The zero-order chi connectivity index (χ0) is 17.2. The topological polar surface area (TPSA) is 59.1 Å². The predicted octanol–water partition coefficient (Wildman–Crippen LogP) is 2.90. The van der Waals surface area contributed by atoms with Gasteiger partial charge in [-0.3, -0.25) is 4.98 Å². The summed E-state index contributed by atoms with van der Waals surface area (Å²) in [5, 5.41) is 0. The van der Waals surface area contributed by atoms with Gasteiger partial charge in [-0.1, -0.05) is 18.6 Å². The van der Waals surface area contributed by atoms with Gasteiger partial charge in [0.1, 0.15) is 11.6 Å². The van der Waals surface area contributed by atoms with E-state index in [1.165, 1.54) is 0 Å². The fraction of sp³-hybridized carbons (Fsp3) is 0.353. The minimum Gasteiger partial charge on any atom is -0.261 e. The molecule has 24 heavy (non-hydrogen) atoms. The van der Waals surface area contributed by atoms with E-state index in [0.29, 0.717) is 6.07 Å². The van der Waals surface area contributed by atoms with Crippen LogP contribution in [-0.2, 0) is 21.2 Å². The van der Waals surface area contributed by atoms with Crippen molar-refractivity contribution in [1.29, 1.82) is 0 Å². The van der Waals surface area contributed by atoms with Crippen LogP contribution in [0.15, 0.2) is 42.6 Å². The maximum Gasteiger partial charge on any atom is 0.215 e. The molecule has 0 radical (unpaired) electrons. The maximum atomic E-state index is 13.7. The summed E-state index contributed by atoms with van der Waals surface area (Å²) in [5.74, 6) is -2.11. The summed E-state index contributed by atoms with van der Waals surface area (Å²) >= 11 is 0. The van der Waals surface area contributed by atoms with Crippen molar-refractivity contribution >= 4 is 10.0 Å². The van der Waals surface area contributed by atoms with Crippen LogP contribution in [0.3, 0.4) is 0 Å². The van der Waals surface area contributed by atoms with E-state index >= 15 is 0 Å². The van der Waals surface area contributed by atoms with Crippen LogP contribution >= 0.6 is 0 Å². The van der Waals surface area contributed by atoms with E-state index in [1.807, 2.05) is 18.2 Å². The van der Waals surface area contributed by atoms with Crippen LogP contribution in [0.2, 0.25) is 0 Å². The Kier molecular flexibility index (Phi) is 4.64. The average molecular weight is 352 g/mol. The van der Waals surface area contributed by atoms with Gasteiger partial charge in [-0.25, -0.2) is 21.9 Å². The molecule has 0 unspecified atom stereocenters. The molecule has 0 bridgehead atoms. The SMILES string of the molecule is O=S(=O)(Cc1ccc(F)cc1F)NCC1(c2ccccn2)CCC1. The first-order chi connectivity index (χ1) is 11.4. The third-order valence-corrected chi connectivity index (χ3v) is 5.79. The second-order valence-corrected chi connectivity index (χ2v) is 7.97. The van der Waals surface area contributed by atoms with Crippen molar-refractivity contribution in [2.75, 3.05) is 6.54 Å². The summed E-state index contributed by atoms with van der Waals surface area (Å²) in [5.41, 5.74) is 0.520. The van der Waals surface area contributed by atoms with Crippen molar-refractivity contribution in [3.05, 3.63) is 65.5 Å². The lowest BCUT2D eigenvalue weighted by Crippen LogP contribution is -2.46. The van der Waals surface area contributed by atoms with E-state index in [9.17, 15) is 17.2 Å². The maximum absolute atomic E-state index is 13.7. The zero-order valence-electron chi connectivity index (χ0n) is 13.0. The van der Waals surface area contributed by atoms with Crippen molar-refractivity contribution in [3.63, 3.8) is 0 Å². The number of benzene rings is 1. The quantitative estimate of drug-likeness (QED) is 0.870. The third-order valence-electron chi connectivity index (χ3n) is 4.51. The highest BCUT2D eigenvalue weighted by atomic mass is 32.2. The molecule has 1 aliphatic carbocycles. The summed E-state index contributed by atoms with van der Waals surface area (Å²) in [6.07, 6.45) is 4.43. The second-order valence-electron chi connectivity index (χ2n) is 6.16. The molecule has 1 aromatic heterocycles. The first-order valence-electron chi connectivity index (χ1n) is 7.73. The molecular weight excluding hydrogens is 334 g/mol. The highest BCUT2D eigenvalue weighted by Gasteiger charge is 2.40. The summed E-state index contributed by atoms with van der Waals surface area (Å²) < 4.78 is 53.7. The molecule has 3 rings (SSSR count). The van der Waals surface area contributed by atoms with Crippen LogP contribution in [0, 0.1) is 11.6 Å². The molecule has 1 heterocycles. The van der Waals surface area contributed by atoms with Crippen LogP contribution in [-0.4, -0.2) is 19.9 Å². The molecule has 0 aliphatic heterocycles. The Morgan fingerprint density at radius 3 is 2.54 bits per heavy atom. The van der Waals surface area contributed by atoms with Gasteiger partial charge in [-0.05, 0) is 31.0 Å². The van der Waals surface area contributed by atoms with E-state index in [-0.39, 0.29) is 17.5 Å². The number of hydrogen-bond acceptors (Lipinski definition) is 3. The number of sulfonamides is 1. The standard InChI is InChI=1S/C17H18F2N2O2S/c18-14-6-5-13(15(19)10-14)11-24(22,23)21-12-17(7-3-8-17)16-4-1-2-9-20-16/h1-2,4-6,9-10,21H,3,7-8,11-12H2. The smallest absolute Gasteiger partial charge is 0.215 e. The van der Waals surface area contributed by atoms with Gasteiger partial charge in [-0.2, -0.15) is 0 Å². The molecule has 1 fully saturated rings. The van der Waals surface area contributed by atoms with Gasteiger partial charge in [0.15, 0.2) is 0 Å². The molecule has 1 saturated carbocycles. The van der Waals surface area contributed by atoms with E-state index in [1.54, 1.807) is 6.20 Å². The number of nitrogens with one attached hydrogen (secondary N) is 1. The number of rotatable bonds is 6. The molecular formula is C17H18F2N2O2S.